The lowest BCUT2D eigenvalue weighted by Gasteiger charge is -2.15. The minimum absolute atomic E-state index is 0.430. The van der Waals surface area contributed by atoms with Crippen LogP contribution in [0.3, 0.4) is 0 Å². The van der Waals surface area contributed by atoms with Gasteiger partial charge in [0.05, 0.1) is 6.54 Å². The molecule has 0 atom stereocenters. The third-order valence-electron chi connectivity index (χ3n) is 10.3. The molecule has 6 heteroatoms. The van der Waals surface area contributed by atoms with Crippen LogP contribution in [-0.4, -0.2) is 26.6 Å². The highest BCUT2D eigenvalue weighted by Gasteiger charge is 2.15. The molecule has 286 valence electrons. The summed E-state index contributed by atoms with van der Waals surface area (Å²) in [7, 11) is 0. The van der Waals surface area contributed by atoms with E-state index in [0.29, 0.717) is 35.7 Å². The van der Waals surface area contributed by atoms with Gasteiger partial charge in [0.25, 0.3) is 0 Å². The molecule has 0 aliphatic rings. The fourth-order valence-corrected chi connectivity index (χ4v) is 7.20. The first-order valence-corrected chi connectivity index (χ1v) is 19.9. The van der Waals surface area contributed by atoms with Crippen LogP contribution in [-0.2, 0) is 6.54 Å². The molecule has 0 saturated heterocycles. The lowest BCUT2D eigenvalue weighted by molar-refractivity contribution is 1.06. The zero-order valence-electron chi connectivity index (χ0n) is 32.8. The van der Waals surface area contributed by atoms with Crippen LogP contribution in [0.1, 0.15) is 16.7 Å². The normalized spacial score (nSPS) is 11.7. The molecular weight excluding hydrogens is 733 g/mol. The Morgan fingerprint density at radius 2 is 0.700 bits per heavy atom. The molecule has 0 radical (unpaired) electrons. The fourth-order valence-electron chi connectivity index (χ4n) is 7.20. The third-order valence-corrected chi connectivity index (χ3v) is 10.3. The smallest absolute Gasteiger partial charge is 0.164 e. The number of aromatic nitrogens is 3. The first kappa shape index (κ1) is 37.5. The Hall–Kier alpha value is -8.09. The second-order valence-corrected chi connectivity index (χ2v) is 14.3. The number of benzene rings is 8. The van der Waals surface area contributed by atoms with Crippen molar-refractivity contribution in [1.82, 2.24) is 15.0 Å². The zero-order chi connectivity index (χ0) is 40.5. The average molecular weight is 773 g/mol. The molecule has 8 aromatic carbocycles. The molecule has 9 rings (SSSR count). The topological polar surface area (TPSA) is 89.4 Å². The average Bonchev–Trinajstić information content (AvgIpc) is 3.34. The predicted molar refractivity (Wildman–Crippen MR) is 246 cm³/mol. The van der Waals surface area contributed by atoms with Crippen molar-refractivity contribution in [2.75, 3.05) is 0 Å². The van der Waals surface area contributed by atoms with Crippen LogP contribution in [0, 0.1) is 0 Å². The van der Waals surface area contributed by atoms with E-state index in [1.165, 1.54) is 0 Å². The summed E-state index contributed by atoms with van der Waals surface area (Å²) >= 11 is 0. The maximum atomic E-state index is 6.44. The molecule has 0 aliphatic carbocycles. The third kappa shape index (κ3) is 8.44. The maximum absolute atomic E-state index is 6.44. The van der Waals surface area contributed by atoms with Crippen molar-refractivity contribution in [3.63, 3.8) is 0 Å². The van der Waals surface area contributed by atoms with Gasteiger partial charge in [0, 0.05) is 27.8 Å². The van der Waals surface area contributed by atoms with E-state index in [1.807, 2.05) is 121 Å². The number of hydrogen-bond acceptors (Lipinski definition) is 4. The highest BCUT2D eigenvalue weighted by atomic mass is 15.0. The Morgan fingerprint density at radius 3 is 1.17 bits per heavy atom. The van der Waals surface area contributed by atoms with E-state index >= 15 is 0 Å². The van der Waals surface area contributed by atoms with Crippen LogP contribution in [0.15, 0.2) is 228 Å². The monoisotopic (exact) mass is 772 g/mol. The maximum Gasteiger partial charge on any atom is 0.164 e. The molecule has 0 unspecified atom stereocenters. The van der Waals surface area contributed by atoms with Gasteiger partial charge in [0.15, 0.2) is 23.3 Å². The van der Waals surface area contributed by atoms with Gasteiger partial charge < -0.3 is 5.73 Å². The fraction of sp³-hybridized carbons (Fsp3) is 0.0185. The summed E-state index contributed by atoms with van der Waals surface area (Å²) in [5, 5.41) is 0. The van der Waals surface area contributed by atoms with Crippen LogP contribution in [0.4, 0.5) is 0 Å². The van der Waals surface area contributed by atoms with Gasteiger partial charge in [-0.1, -0.05) is 218 Å². The molecule has 1 heterocycles. The number of nitrogens with zero attached hydrogens (tertiary/aromatic N) is 5. The Balaban J connectivity index is 1.00. The molecule has 0 fully saturated rings. The minimum atomic E-state index is 0.430. The summed E-state index contributed by atoms with van der Waals surface area (Å²) in [5.41, 5.74) is 18.9. The van der Waals surface area contributed by atoms with Gasteiger partial charge in [-0.25, -0.2) is 19.9 Å². The summed E-state index contributed by atoms with van der Waals surface area (Å²) in [5.74, 6) is 2.93. The molecule has 2 N–H and O–H groups in total. The van der Waals surface area contributed by atoms with E-state index in [1.54, 1.807) is 0 Å². The van der Waals surface area contributed by atoms with Gasteiger partial charge in [-0.3, -0.25) is 4.99 Å². The van der Waals surface area contributed by atoms with E-state index < -0.39 is 0 Å². The molecule has 60 heavy (non-hydrogen) atoms. The first-order chi connectivity index (χ1) is 29.7. The van der Waals surface area contributed by atoms with E-state index in [0.717, 1.165) is 66.8 Å². The SMILES string of the molecule is N/C(=N\C(=N/Cc1ccc(-c2ccccc2-c2ccccc2-c2ccc(-c3nc(-c4ccccc4)nc(-c4ccccc4)n3)cc2)cc1)c1ccccc1)c1ccccc1. The zero-order valence-corrected chi connectivity index (χ0v) is 32.8. The molecule has 6 nitrogen and oxygen atoms in total. The van der Waals surface area contributed by atoms with Crippen molar-refractivity contribution in [1.29, 1.82) is 0 Å². The molecule has 0 amide bonds. The van der Waals surface area contributed by atoms with Crippen LogP contribution in [0.5, 0.6) is 0 Å². The van der Waals surface area contributed by atoms with E-state index in [9.17, 15) is 0 Å². The Bertz CT molecular complexity index is 2850. The number of nitrogens with two attached hydrogens (primary N) is 1. The highest BCUT2D eigenvalue weighted by molar-refractivity contribution is 6.11. The summed E-state index contributed by atoms with van der Waals surface area (Å²) in [6.07, 6.45) is 0. The number of amidine groups is 2. The molecule has 9 aromatic rings. The van der Waals surface area contributed by atoms with Gasteiger partial charge in [-0.05, 0) is 38.9 Å². The second kappa shape index (κ2) is 17.6. The minimum Gasteiger partial charge on any atom is -0.383 e. The van der Waals surface area contributed by atoms with Crippen molar-refractivity contribution in [3.05, 3.63) is 235 Å². The Kier molecular flexibility index (Phi) is 11.0. The van der Waals surface area contributed by atoms with E-state index in [-0.39, 0.29) is 0 Å². The number of aliphatic imine (C=N–C) groups is 2. The van der Waals surface area contributed by atoms with Crippen molar-refractivity contribution in [3.8, 4) is 67.5 Å². The summed E-state index contributed by atoms with van der Waals surface area (Å²) in [4.78, 5) is 24.4. The lowest BCUT2D eigenvalue weighted by atomic mass is 9.89. The largest absolute Gasteiger partial charge is 0.383 e. The van der Waals surface area contributed by atoms with Crippen LogP contribution >= 0.6 is 0 Å². The molecule has 0 aliphatic heterocycles. The first-order valence-electron chi connectivity index (χ1n) is 19.9. The lowest BCUT2D eigenvalue weighted by Crippen LogP contribution is -2.16. The molecule has 0 saturated carbocycles. The van der Waals surface area contributed by atoms with Crippen LogP contribution < -0.4 is 5.73 Å². The van der Waals surface area contributed by atoms with Gasteiger partial charge in [0.1, 0.15) is 5.84 Å². The molecule has 0 bridgehead atoms. The predicted octanol–water partition coefficient (Wildman–Crippen LogP) is 12.2. The summed E-state index contributed by atoms with van der Waals surface area (Å²) in [6.45, 7) is 0.461. The van der Waals surface area contributed by atoms with Crippen LogP contribution in [0.25, 0.3) is 67.5 Å². The van der Waals surface area contributed by atoms with E-state index in [2.05, 4.69) is 97.1 Å². The van der Waals surface area contributed by atoms with Crippen LogP contribution in [0.2, 0.25) is 0 Å². The summed E-state index contributed by atoms with van der Waals surface area (Å²) in [6, 6.07) is 74.1. The standard InChI is InChI=1S/C54H40N6/c55-50(41-17-5-1-6-18-41)57-51(42-19-7-2-8-20-42)56-37-38-29-31-39(32-30-38)46-25-13-15-27-48(46)49-28-16-14-26-47(49)40-33-35-45(36-34-40)54-59-52(43-21-9-3-10-22-43)58-53(60-54)44-23-11-4-12-24-44/h1-36H,37H2,(H2,55,56,57). The number of hydrogen-bond donors (Lipinski definition) is 1. The van der Waals surface area contributed by atoms with Gasteiger partial charge in [-0.2, -0.15) is 0 Å². The van der Waals surface area contributed by atoms with Crippen molar-refractivity contribution < 1.29 is 0 Å². The Labute approximate surface area is 350 Å². The number of rotatable bonds is 10. The quantitative estimate of drug-likeness (QED) is 0.111. The molecule has 0 spiro atoms. The summed E-state index contributed by atoms with van der Waals surface area (Å²) < 4.78 is 0. The molecule has 1 aromatic heterocycles. The van der Waals surface area contributed by atoms with Gasteiger partial charge in [0.2, 0.25) is 0 Å². The van der Waals surface area contributed by atoms with Crippen molar-refractivity contribution >= 4 is 11.7 Å². The highest BCUT2D eigenvalue weighted by Crippen LogP contribution is 2.39. The van der Waals surface area contributed by atoms with E-state index in [4.69, 9.17) is 30.7 Å². The van der Waals surface area contributed by atoms with Crippen molar-refractivity contribution in [2.45, 2.75) is 6.54 Å². The van der Waals surface area contributed by atoms with Gasteiger partial charge in [-0.15, -0.1) is 0 Å². The second-order valence-electron chi connectivity index (χ2n) is 14.3. The van der Waals surface area contributed by atoms with Crippen molar-refractivity contribution in [2.24, 2.45) is 15.7 Å². The Morgan fingerprint density at radius 1 is 0.350 bits per heavy atom. The molecular formula is C54H40N6. The van der Waals surface area contributed by atoms with Gasteiger partial charge >= 0.3 is 0 Å².